The molecule has 2 heterocycles. The summed E-state index contributed by atoms with van der Waals surface area (Å²) < 4.78 is 72.4. The maximum atomic E-state index is 13.8. The standard InChI is InChI=1S/C27H20F3N3O3S/c1-17-16-36-26(31-17)24-15-33(25(32-24)22-8-3-4-9-23(22)27(28,29)30)20-12-10-18(11-13-20)19-6-5-7-21(14-19)37(2,34)35/h3-16H,1-2H3. The van der Waals surface area contributed by atoms with Gasteiger partial charge in [0, 0.05) is 23.7 Å². The van der Waals surface area contributed by atoms with E-state index < -0.39 is 21.6 Å². The summed E-state index contributed by atoms with van der Waals surface area (Å²) in [5, 5.41) is 0. The zero-order valence-corrected chi connectivity index (χ0v) is 20.5. The van der Waals surface area contributed by atoms with Gasteiger partial charge in [-0.15, -0.1) is 0 Å². The minimum absolute atomic E-state index is 0.0746. The predicted molar refractivity (Wildman–Crippen MR) is 133 cm³/mol. The predicted octanol–water partition coefficient (Wildman–Crippen LogP) is 6.59. The van der Waals surface area contributed by atoms with E-state index in [-0.39, 0.29) is 27.9 Å². The summed E-state index contributed by atoms with van der Waals surface area (Å²) in [6, 6.07) is 18.8. The number of sulfone groups is 1. The molecule has 6 nitrogen and oxygen atoms in total. The smallest absolute Gasteiger partial charge is 0.417 e. The van der Waals surface area contributed by atoms with Gasteiger partial charge in [-0.1, -0.05) is 42.5 Å². The summed E-state index contributed by atoms with van der Waals surface area (Å²) in [6.07, 6.45) is -0.423. The van der Waals surface area contributed by atoms with Crippen molar-refractivity contribution < 1.29 is 26.0 Å². The van der Waals surface area contributed by atoms with Crippen LogP contribution in [-0.2, 0) is 16.0 Å². The van der Waals surface area contributed by atoms with Crippen molar-refractivity contribution in [3.05, 3.63) is 96.5 Å². The Morgan fingerprint density at radius 2 is 1.62 bits per heavy atom. The van der Waals surface area contributed by atoms with Gasteiger partial charge in [0.1, 0.15) is 17.8 Å². The molecule has 0 spiro atoms. The van der Waals surface area contributed by atoms with Crippen LogP contribution in [0.3, 0.4) is 0 Å². The summed E-state index contributed by atoms with van der Waals surface area (Å²) in [5.74, 6) is 0.266. The molecule has 0 bridgehead atoms. The van der Waals surface area contributed by atoms with E-state index in [0.717, 1.165) is 17.9 Å². The van der Waals surface area contributed by atoms with Crippen LogP contribution in [0.25, 0.3) is 39.8 Å². The van der Waals surface area contributed by atoms with E-state index in [2.05, 4.69) is 9.97 Å². The maximum absolute atomic E-state index is 13.8. The lowest BCUT2D eigenvalue weighted by atomic mass is 10.0. The van der Waals surface area contributed by atoms with Gasteiger partial charge in [-0.05, 0) is 48.4 Å². The second-order valence-corrected chi connectivity index (χ2v) is 10.5. The molecule has 0 aliphatic heterocycles. The Morgan fingerprint density at radius 1 is 0.892 bits per heavy atom. The Bertz CT molecular complexity index is 1700. The van der Waals surface area contributed by atoms with Crippen LogP contribution in [0.15, 0.2) is 94.6 Å². The molecule has 0 amide bonds. The van der Waals surface area contributed by atoms with E-state index >= 15 is 0 Å². The third-order valence-corrected chi connectivity index (χ3v) is 6.87. The SMILES string of the molecule is Cc1coc(-c2cn(-c3ccc(-c4cccc(S(C)(=O)=O)c4)cc3)c(-c3ccccc3C(F)(F)F)n2)n1. The number of oxazole rings is 1. The van der Waals surface area contributed by atoms with Crippen molar-refractivity contribution in [2.75, 3.05) is 6.26 Å². The quantitative estimate of drug-likeness (QED) is 0.260. The van der Waals surface area contributed by atoms with Crippen LogP contribution >= 0.6 is 0 Å². The minimum atomic E-state index is -4.58. The number of rotatable bonds is 5. The number of aromatic nitrogens is 3. The molecule has 2 aromatic heterocycles. The Balaban J connectivity index is 1.63. The van der Waals surface area contributed by atoms with Gasteiger partial charge in [0.15, 0.2) is 9.84 Å². The molecule has 5 rings (SSSR count). The highest BCUT2D eigenvalue weighted by Gasteiger charge is 2.35. The van der Waals surface area contributed by atoms with Gasteiger partial charge in [-0.25, -0.2) is 18.4 Å². The van der Waals surface area contributed by atoms with Crippen molar-refractivity contribution in [3.63, 3.8) is 0 Å². The number of imidazole rings is 1. The van der Waals surface area contributed by atoms with Crippen LogP contribution in [0.4, 0.5) is 13.2 Å². The van der Waals surface area contributed by atoms with Crippen molar-refractivity contribution in [1.29, 1.82) is 0 Å². The molecule has 0 fully saturated rings. The van der Waals surface area contributed by atoms with Crippen LogP contribution in [-0.4, -0.2) is 29.2 Å². The van der Waals surface area contributed by atoms with Crippen LogP contribution < -0.4 is 0 Å². The van der Waals surface area contributed by atoms with Crippen molar-refractivity contribution in [2.24, 2.45) is 0 Å². The average Bonchev–Trinajstić information content (AvgIpc) is 3.50. The molecule has 10 heteroatoms. The monoisotopic (exact) mass is 523 g/mol. The molecule has 0 unspecified atom stereocenters. The number of alkyl halides is 3. The molecular formula is C27H20F3N3O3S. The van der Waals surface area contributed by atoms with E-state index in [9.17, 15) is 21.6 Å². The van der Waals surface area contributed by atoms with Gasteiger partial charge in [-0.3, -0.25) is 4.57 Å². The maximum Gasteiger partial charge on any atom is 0.417 e. The van der Waals surface area contributed by atoms with Gasteiger partial charge in [-0.2, -0.15) is 13.2 Å². The number of aryl methyl sites for hydroxylation is 1. The van der Waals surface area contributed by atoms with Crippen molar-refractivity contribution in [1.82, 2.24) is 14.5 Å². The van der Waals surface area contributed by atoms with E-state index in [0.29, 0.717) is 16.9 Å². The number of nitrogens with zero attached hydrogens (tertiary/aromatic N) is 3. The fraction of sp³-hybridized carbons (Fsp3) is 0.111. The second-order valence-electron chi connectivity index (χ2n) is 8.50. The van der Waals surface area contributed by atoms with Crippen LogP contribution in [0.1, 0.15) is 11.3 Å². The van der Waals surface area contributed by atoms with Crippen LogP contribution in [0, 0.1) is 6.92 Å². The van der Waals surface area contributed by atoms with Gasteiger partial charge in [0.05, 0.1) is 16.2 Å². The summed E-state index contributed by atoms with van der Waals surface area (Å²) in [4.78, 5) is 8.93. The topological polar surface area (TPSA) is 78.0 Å². The fourth-order valence-electron chi connectivity index (χ4n) is 3.99. The molecule has 3 aromatic carbocycles. The second kappa shape index (κ2) is 9.04. The molecule has 0 atom stereocenters. The van der Waals surface area contributed by atoms with Gasteiger partial charge in [0.2, 0.25) is 5.89 Å². The highest BCUT2D eigenvalue weighted by Crippen LogP contribution is 2.38. The van der Waals surface area contributed by atoms with Gasteiger partial charge in [0.25, 0.3) is 0 Å². The Hall–Kier alpha value is -4.18. The first-order valence-corrected chi connectivity index (χ1v) is 13.0. The highest BCUT2D eigenvalue weighted by molar-refractivity contribution is 7.90. The van der Waals surface area contributed by atoms with Crippen LogP contribution in [0.5, 0.6) is 0 Å². The van der Waals surface area contributed by atoms with Gasteiger partial charge >= 0.3 is 6.18 Å². The molecule has 0 saturated heterocycles. The first kappa shape index (κ1) is 24.5. The summed E-state index contributed by atoms with van der Waals surface area (Å²) in [5.41, 5.74) is 1.99. The summed E-state index contributed by atoms with van der Waals surface area (Å²) >= 11 is 0. The summed E-state index contributed by atoms with van der Waals surface area (Å²) in [7, 11) is -3.38. The number of hydrogen-bond donors (Lipinski definition) is 0. The first-order valence-electron chi connectivity index (χ1n) is 11.1. The van der Waals surface area contributed by atoms with Gasteiger partial charge < -0.3 is 4.42 Å². The van der Waals surface area contributed by atoms with Crippen molar-refractivity contribution in [3.8, 4) is 39.8 Å². The molecule has 37 heavy (non-hydrogen) atoms. The lowest BCUT2D eigenvalue weighted by molar-refractivity contribution is -0.137. The van der Waals surface area contributed by atoms with Crippen molar-refractivity contribution in [2.45, 2.75) is 18.0 Å². The molecule has 0 aliphatic carbocycles. The normalized spacial score (nSPS) is 12.1. The highest BCUT2D eigenvalue weighted by atomic mass is 32.2. The largest absolute Gasteiger partial charge is 0.443 e. The Kier molecular flexibility index (Phi) is 5.99. The lowest BCUT2D eigenvalue weighted by Gasteiger charge is -2.14. The van der Waals surface area contributed by atoms with Crippen LogP contribution in [0.2, 0.25) is 0 Å². The molecule has 0 N–H and O–H groups in total. The molecule has 5 aromatic rings. The zero-order chi connectivity index (χ0) is 26.4. The average molecular weight is 524 g/mol. The number of benzene rings is 3. The third kappa shape index (κ3) is 4.92. The molecular weight excluding hydrogens is 503 g/mol. The minimum Gasteiger partial charge on any atom is -0.443 e. The van der Waals surface area contributed by atoms with E-state index in [4.69, 9.17) is 4.42 Å². The lowest BCUT2D eigenvalue weighted by Crippen LogP contribution is -2.08. The van der Waals surface area contributed by atoms with E-state index in [1.807, 2.05) is 0 Å². The first-order chi connectivity index (χ1) is 17.5. The molecule has 0 saturated carbocycles. The summed E-state index contributed by atoms with van der Waals surface area (Å²) in [6.45, 7) is 1.74. The van der Waals surface area contributed by atoms with E-state index in [1.54, 1.807) is 60.2 Å². The number of hydrogen-bond acceptors (Lipinski definition) is 5. The van der Waals surface area contributed by atoms with Crippen molar-refractivity contribution >= 4 is 9.84 Å². The molecule has 0 aliphatic rings. The Morgan fingerprint density at radius 3 is 2.27 bits per heavy atom. The van der Waals surface area contributed by atoms with E-state index in [1.165, 1.54) is 30.5 Å². The Labute approximate surface area is 211 Å². The number of halogens is 3. The fourth-order valence-corrected chi connectivity index (χ4v) is 4.65. The molecule has 188 valence electrons. The molecule has 0 radical (unpaired) electrons. The third-order valence-electron chi connectivity index (χ3n) is 5.76. The zero-order valence-electron chi connectivity index (χ0n) is 19.7.